The number of carbonyl (C=O) groups is 1. The minimum atomic E-state index is -0.348. The predicted octanol–water partition coefficient (Wildman–Crippen LogP) is 2.32. The van der Waals surface area contributed by atoms with Crippen molar-refractivity contribution in [2.45, 2.75) is 6.42 Å². The Morgan fingerprint density at radius 3 is 2.64 bits per heavy atom. The molecule has 0 fully saturated rings. The summed E-state index contributed by atoms with van der Waals surface area (Å²) in [5, 5.41) is 9.60. The fourth-order valence-electron chi connectivity index (χ4n) is 0.981. The molecule has 0 atom stereocenters. The van der Waals surface area contributed by atoms with E-state index >= 15 is 0 Å². The van der Waals surface area contributed by atoms with Crippen LogP contribution in [0.4, 0.5) is 0 Å². The normalized spacial score (nSPS) is 9.93. The van der Waals surface area contributed by atoms with Gasteiger partial charge in [0.05, 0.1) is 13.5 Å². The van der Waals surface area contributed by atoms with Crippen LogP contribution in [0.1, 0.15) is 5.56 Å². The van der Waals surface area contributed by atoms with Gasteiger partial charge in [-0.2, -0.15) is 0 Å². The lowest BCUT2D eigenvalue weighted by Gasteiger charge is -2.06. The maximum Gasteiger partial charge on any atom is 0.310 e. The summed E-state index contributed by atoms with van der Waals surface area (Å²) >= 11 is 4.20. The Morgan fingerprint density at radius 1 is 1.50 bits per heavy atom. The number of phenolic OH excluding ortho intramolecular Hbond substituents is 1. The van der Waals surface area contributed by atoms with Crippen molar-refractivity contribution in [1.82, 2.24) is 0 Å². The Balaban J connectivity index is 3.02. The Morgan fingerprint density at radius 2 is 2.14 bits per heavy atom. The first-order chi connectivity index (χ1) is 6.54. The molecule has 14 heavy (non-hydrogen) atoms. The highest BCUT2D eigenvalue weighted by Gasteiger charge is 2.12. The monoisotopic (exact) mass is 418 g/mol. The van der Waals surface area contributed by atoms with E-state index in [0.29, 0.717) is 5.56 Å². The number of methoxy groups -OCH3 is 1. The van der Waals surface area contributed by atoms with E-state index in [9.17, 15) is 9.90 Å². The van der Waals surface area contributed by atoms with Gasteiger partial charge in [0, 0.05) is 12.7 Å². The lowest BCUT2D eigenvalue weighted by molar-refractivity contribution is -0.139. The van der Waals surface area contributed by atoms with Gasteiger partial charge in [0.1, 0.15) is 5.75 Å². The summed E-state index contributed by atoms with van der Waals surface area (Å²) in [7, 11) is 1.33. The summed E-state index contributed by atoms with van der Waals surface area (Å²) in [6, 6.07) is 3.53. The molecule has 0 aliphatic rings. The van der Waals surface area contributed by atoms with E-state index in [4.69, 9.17) is 0 Å². The number of carbonyl (C=O) groups excluding carboxylic acids is 1. The van der Waals surface area contributed by atoms with Crippen molar-refractivity contribution >= 4 is 51.2 Å². The molecule has 0 aliphatic carbocycles. The van der Waals surface area contributed by atoms with Crippen molar-refractivity contribution in [3.63, 3.8) is 0 Å². The molecule has 3 nitrogen and oxygen atoms in total. The predicted molar refractivity (Wildman–Crippen MR) is 69.3 cm³/mol. The highest BCUT2D eigenvalue weighted by atomic mass is 127. The van der Waals surface area contributed by atoms with Gasteiger partial charge in [-0.15, -0.1) is 0 Å². The molecule has 1 aromatic carbocycles. The Kier molecular flexibility index (Phi) is 4.42. The second kappa shape index (κ2) is 5.15. The second-order valence-electron chi connectivity index (χ2n) is 2.64. The summed E-state index contributed by atoms with van der Waals surface area (Å²) < 4.78 is 6.35. The van der Waals surface area contributed by atoms with Crippen LogP contribution in [0, 0.1) is 7.14 Å². The van der Waals surface area contributed by atoms with E-state index in [2.05, 4.69) is 49.9 Å². The topological polar surface area (TPSA) is 46.5 Å². The van der Waals surface area contributed by atoms with E-state index in [-0.39, 0.29) is 18.1 Å². The van der Waals surface area contributed by atoms with Gasteiger partial charge < -0.3 is 9.84 Å². The first-order valence-electron chi connectivity index (χ1n) is 3.78. The number of hydrogen-bond acceptors (Lipinski definition) is 3. The molecule has 0 radical (unpaired) electrons. The molecule has 1 aromatic rings. The Hall–Kier alpha value is -0.0500. The molecule has 0 unspecified atom stereocenters. The van der Waals surface area contributed by atoms with Crippen molar-refractivity contribution in [2.75, 3.05) is 7.11 Å². The van der Waals surface area contributed by atoms with Gasteiger partial charge in [-0.3, -0.25) is 4.79 Å². The van der Waals surface area contributed by atoms with E-state index in [1.165, 1.54) is 7.11 Å². The van der Waals surface area contributed by atoms with E-state index in [1.54, 1.807) is 6.07 Å². The van der Waals surface area contributed by atoms with Crippen LogP contribution in [-0.2, 0) is 16.0 Å². The summed E-state index contributed by atoms with van der Waals surface area (Å²) in [6.07, 6.45) is 0.109. The molecule has 0 saturated carbocycles. The minimum absolute atomic E-state index is 0.109. The summed E-state index contributed by atoms with van der Waals surface area (Å²) in [5.74, 6) is -0.203. The molecule has 0 saturated heterocycles. The smallest absolute Gasteiger partial charge is 0.310 e. The van der Waals surface area contributed by atoms with Crippen molar-refractivity contribution in [3.8, 4) is 5.75 Å². The zero-order chi connectivity index (χ0) is 10.7. The maximum atomic E-state index is 11.0. The molecule has 0 spiro atoms. The largest absolute Gasteiger partial charge is 0.508 e. The van der Waals surface area contributed by atoms with Crippen LogP contribution in [0.2, 0.25) is 0 Å². The number of aromatic hydroxyl groups is 1. The lowest BCUT2D eigenvalue weighted by Crippen LogP contribution is -2.06. The first-order valence-corrected chi connectivity index (χ1v) is 5.94. The highest BCUT2D eigenvalue weighted by molar-refractivity contribution is 14.1. The molecule has 0 amide bonds. The van der Waals surface area contributed by atoms with Crippen LogP contribution < -0.4 is 0 Å². The number of benzene rings is 1. The van der Waals surface area contributed by atoms with Gasteiger partial charge in [-0.1, -0.05) is 0 Å². The Bertz CT molecular complexity index is 340. The van der Waals surface area contributed by atoms with Crippen molar-refractivity contribution in [3.05, 3.63) is 24.8 Å². The number of ether oxygens (including phenoxy) is 1. The molecule has 1 rings (SSSR count). The zero-order valence-corrected chi connectivity index (χ0v) is 11.7. The fraction of sp³-hybridized carbons (Fsp3) is 0.222. The van der Waals surface area contributed by atoms with Crippen LogP contribution >= 0.6 is 45.2 Å². The van der Waals surface area contributed by atoms with Gasteiger partial charge in [-0.05, 0) is 57.3 Å². The fourth-order valence-corrected chi connectivity index (χ4v) is 2.99. The van der Waals surface area contributed by atoms with Crippen molar-refractivity contribution in [1.29, 1.82) is 0 Å². The zero-order valence-electron chi connectivity index (χ0n) is 7.38. The molecule has 0 aromatic heterocycles. The average molecular weight is 418 g/mol. The van der Waals surface area contributed by atoms with Gasteiger partial charge in [0.25, 0.3) is 0 Å². The van der Waals surface area contributed by atoms with Crippen LogP contribution in [0.25, 0.3) is 0 Å². The quantitative estimate of drug-likeness (QED) is 0.593. The van der Waals surface area contributed by atoms with Gasteiger partial charge in [0.15, 0.2) is 0 Å². The molecule has 0 bridgehead atoms. The minimum Gasteiger partial charge on any atom is -0.508 e. The molecule has 0 aliphatic heterocycles. The highest BCUT2D eigenvalue weighted by Crippen LogP contribution is 2.26. The van der Waals surface area contributed by atoms with Crippen molar-refractivity contribution < 1.29 is 14.6 Å². The SMILES string of the molecule is COC(=O)Cc1c(O)cc(I)cc1I. The summed E-state index contributed by atoms with van der Waals surface area (Å²) in [5.41, 5.74) is 0.623. The number of phenols is 1. The second-order valence-corrected chi connectivity index (χ2v) is 5.05. The standard InChI is InChI=1S/C9H8I2O3/c1-14-9(13)4-6-7(11)2-5(10)3-8(6)12/h2-3,12H,4H2,1H3. The van der Waals surface area contributed by atoms with Crippen LogP contribution in [-0.4, -0.2) is 18.2 Å². The summed E-state index contributed by atoms with van der Waals surface area (Å²) in [6.45, 7) is 0. The third-order valence-corrected chi connectivity index (χ3v) is 3.27. The number of halogens is 2. The van der Waals surface area contributed by atoms with Crippen LogP contribution in [0.15, 0.2) is 12.1 Å². The molecule has 76 valence electrons. The molecule has 5 heteroatoms. The first kappa shape index (κ1) is 12.0. The molecular weight excluding hydrogens is 410 g/mol. The van der Waals surface area contributed by atoms with Gasteiger partial charge in [-0.25, -0.2) is 0 Å². The average Bonchev–Trinajstić information content (AvgIpc) is 2.10. The molecule has 1 N–H and O–H groups in total. The van der Waals surface area contributed by atoms with Crippen molar-refractivity contribution in [2.24, 2.45) is 0 Å². The maximum absolute atomic E-state index is 11.0. The molecule has 0 heterocycles. The van der Waals surface area contributed by atoms with E-state index < -0.39 is 0 Å². The number of esters is 1. The third kappa shape index (κ3) is 2.97. The van der Waals surface area contributed by atoms with Crippen LogP contribution in [0.5, 0.6) is 5.75 Å². The number of hydrogen-bond donors (Lipinski definition) is 1. The van der Waals surface area contributed by atoms with Crippen LogP contribution in [0.3, 0.4) is 0 Å². The lowest BCUT2D eigenvalue weighted by atomic mass is 10.1. The molecular formula is C9H8I2O3. The number of rotatable bonds is 2. The van der Waals surface area contributed by atoms with E-state index in [0.717, 1.165) is 7.14 Å². The van der Waals surface area contributed by atoms with Gasteiger partial charge in [0.2, 0.25) is 0 Å². The summed E-state index contributed by atoms with van der Waals surface area (Å²) in [4.78, 5) is 11.0. The van der Waals surface area contributed by atoms with E-state index in [1.807, 2.05) is 6.07 Å². The van der Waals surface area contributed by atoms with Gasteiger partial charge >= 0.3 is 5.97 Å². The third-order valence-electron chi connectivity index (χ3n) is 1.69. The Labute approximate surface area is 109 Å².